The topological polar surface area (TPSA) is 90.3 Å². The second-order valence-corrected chi connectivity index (χ2v) is 8.93. The van der Waals surface area contributed by atoms with Crippen molar-refractivity contribution in [2.75, 3.05) is 18.4 Å². The number of hydrogen-bond acceptors (Lipinski definition) is 4. The van der Waals surface area contributed by atoms with Crippen LogP contribution < -0.4 is 5.32 Å². The summed E-state index contributed by atoms with van der Waals surface area (Å²) in [4.78, 5) is 12.6. The maximum atomic E-state index is 12.7. The Bertz CT molecular complexity index is 951. The number of benzene rings is 2. The fourth-order valence-corrected chi connectivity index (χ4v) is 4.94. The third-order valence-corrected chi connectivity index (χ3v) is 6.66. The maximum absolute atomic E-state index is 12.7. The second kappa shape index (κ2) is 9.00. The molecule has 7 heteroatoms. The Hall–Kier alpha value is -2.69. The van der Waals surface area contributed by atoms with Gasteiger partial charge in [0.1, 0.15) is 0 Å². The number of carbonyl (C=O) groups is 1. The van der Waals surface area contributed by atoms with Crippen molar-refractivity contribution in [2.24, 2.45) is 5.92 Å². The van der Waals surface area contributed by atoms with Crippen LogP contribution in [0.25, 0.3) is 0 Å². The lowest BCUT2D eigenvalue weighted by Crippen LogP contribution is -2.44. The molecule has 1 atom stereocenters. The van der Waals surface area contributed by atoms with Gasteiger partial charge in [0.25, 0.3) is 0 Å². The first-order valence-electron chi connectivity index (χ1n) is 9.26. The number of piperidine rings is 1. The predicted molar refractivity (Wildman–Crippen MR) is 108 cm³/mol. The highest BCUT2D eigenvalue weighted by atomic mass is 32.2. The van der Waals surface area contributed by atoms with E-state index in [1.165, 1.54) is 4.31 Å². The van der Waals surface area contributed by atoms with E-state index in [0.717, 1.165) is 11.1 Å². The van der Waals surface area contributed by atoms with Crippen molar-refractivity contribution in [3.8, 4) is 6.07 Å². The molecular weight excluding hydrogens is 374 g/mol. The Morgan fingerprint density at radius 1 is 1.11 bits per heavy atom. The number of hydrogen-bond donors (Lipinski definition) is 1. The zero-order chi connectivity index (χ0) is 20.0. The van der Waals surface area contributed by atoms with E-state index in [0.29, 0.717) is 31.5 Å². The molecule has 0 radical (unpaired) electrons. The van der Waals surface area contributed by atoms with Gasteiger partial charge in [-0.3, -0.25) is 4.79 Å². The summed E-state index contributed by atoms with van der Waals surface area (Å²) >= 11 is 0. The van der Waals surface area contributed by atoms with E-state index in [9.17, 15) is 13.2 Å². The lowest BCUT2D eigenvalue weighted by atomic mass is 9.98. The molecule has 28 heavy (non-hydrogen) atoms. The second-order valence-electron chi connectivity index (χ2n) is 6.96. The highest BCUT2D eigenvalue weighted by Gasteiger charge is 2.32. The molecule has 6 nitrogen and oxygen atoms in total. The van der Waals surface area contributed by atoms with Crippen LogP contribution in [0.5, 0.6) is 0 Å². The molecule has 2 aromatic rings. The number of carbonyl (C=O) groups excluding carboxylic acids is 1. The third-order valence-electron chi connectivity index (χ3n) is 4.84. The number of rotatable bonds is 6. The van der Waals surface area contributed by atoms with E-state index in [4.69, 9.17) is 5.26 Å². The van der Waals surface area contributed by atoms with Gasteiger partial charge in [0.05, 0.1) is 24.2 Å². The molecule has 0 bridgehead atoms. The fourth-order valence-electron chi connectivity index (χ4n) is 3.33. The van der Waals surface area contributed by atoms with Crippen molar-refractivity contribution in [1.29, 1.82) is 5.26 Å². The number of nitriles is 1. The summed E-state index contributed by atoms with van der Waals surface area (Å²) in [6, 6.07) is 18.3. The van der Waals surface area contributed by atoms with Crippen molar-refractivity contribution in [1.82, 2.24) is 4.31 Å². The molecule has 0 aromatic heterocycles. The fraction of sp³-hybridized carbons (Fsp3) is 0.333. The minimum atomic E-state index is -3.46. The van der Waals surface area contributed by atoms with Crippen LogP contribution in [0.1, 0.15) is 24.0 Å². The number of sulfonamides is 1. The van der Waals surface area contributed by atoms with Crippen LogP contribution in [-0.2, 0) is 27.0 Å². The van der Waals surface area contributed by atoms with Gasteiger partial charge in [0.15, 0.2) is 0 Å². The van der Waals surface area contributed by atoms with E-state index in [1.807, 2.05) is 18.2 Å². The first-order chi connectivity index (χ1) is 13.5. The Morgan fingerprint density at radius 3 is 2.50 bits per heavy atom. The molecule has 1 saturated heterocycles. The monoisotopic (exact) mass is 397 g/mol. The number of nitrogens with one attached hydrogen (secondary N) is 1. The summed E-state index contributed by atoms with van der Waals surface area (Å²) in [7, 11) is -3.46. The SMILES string of the molecule is N#CCc1ccc(NC(=O)[C@H]2CCCN(S(=O)(=O)Cc3ccccc3)C2)cc1. The predicted octanol–water partition coefficient (Wildman–Crippen LogP) is 2.93. The van der Waals surface area contributed by atoms with Gasteiger partial charge in [-0.25, -0.2) is 12.7 Å². The molecule has 1 fully saturated rings. The number of nitrogens with zero attached hydrogens (tertiary/aromatic N) is 2. The molecule has 1 amide bonds. The Morgan fingerprint density at radius 2 is 1.82 bits per heavy atom. The summed E-state index contributed by atoms with van der Waals surface area (Å²) in [5.41, 5.74) is 2.28. The minimum Gasteiger partial charge on any atom is -0.326 e. The summed E-state index contributed by atoms with van der Waals surface area (Å²) < 4.78 is 26.9. The Kier molecular flexibility index (Phi) is 6.45. The minimum absolute atomic E-state index is 0.0530. The molecule has 0 unspecified atom stereocenters. The van der Waals surface area contributed by atoms with E-state index >= 15 is 0 Å². The molecule has 0 spiro atoms. The molecule has 1 aliphatic rings. The average molecular weight is 398 g/mol. The summed E-state index contributed by atoms with van der Waals surface area (Å²) in [5, 5.41) is 11.6. The van der Waals surface area contributed by atoms with Gasteiger partial charge in [0, 0.05) is 18.8 Å². The lowest BCUT2D eigenvalue weighted by Gasteiger charge is -2.31. The van der Waals surface area contributed by atoms with Crippen LogP contribution in [0.2, 0.25) is 0 Å². The molecule has 1 heterocycles. The molecule has 0 saturated carbocycles. The number of anilines is 1. The van der Waals surface area contributed by atoms with Gasteiger partial charge in [0.2, 0.25) is 15.9 Å². The molecule has 0 aliphatic carbocycles. The normalized spacial score (nSPS) is 17.6. The van der Waals surface area contributed by atoms with Crippen LogP contribution >= 0.6 is 0 Å². The van der Waals surface area contributed by atoms with Crippen molar-refractivity contribution in [3.05, 3.63) is 65.7 Å². The van der Waals surface area contributed by atoms with Gasteiger partial charge in [-0.15, -0.1) is 0 Å². The first kappa shape index (κ1) is 20.1. The first-order valence-corrected chi connectivity index (χ1v) is 10.9. The van der Waals surface area contributed by atoms with Gasteiger partial charge in [-0.2, -0.15) is 5.26 Å². The van der Waals surface area contributed by atoms with Crippen LogP contribution in [0.4, 0.5) is 5.69 Å². The summed E-state index contributed by atoms with van der Waals surface area (Å²) in [6.45, 7) is 0.648. The zero-order valence-corrected chi connectivity index (χ0v) is 16.4. The highest BCUT2D eigenvalue weighted by molar-refractivity contribution is 7.88. The largest absolute Gasteiger partial charge is 0.326 e. The van der Waals surface area contributed by atoms with Crippen LogP contribution in [-0.4, -0.2) is 31.7 Å². The van der Waals surface area contributed by atoms with Crippen LogP contribution in [0, 0.1) is 17.2 Å². The standard InChI is InChI=1S/C21H23N3O3S/c22-13-12-17-8-10-20(11-9-17)23-21(25)19-7-4-14-24(15-19)28(26,27)16-18-5-2-1-3-6-18/h1-3,5-6,8-11,19H,4,7,12,14-16H2,(H,23,25)/t19-/m0/s1. The van der Waals surface area contributed by atoms with Crippen molar-refractivity contribution in [3.63, 3.8) is 0 Å². The molecule has 146 valence electrons. The number of amides is 1. The smallest absolute Gasteiger partial charge is 0.228 e. The quantitative estimate of drug-likeness (QED) is 0.811. The van der Waals surface area contributed by atoms with Crippen molar-refractivity contribution in [2.45, 2.75) is 25.0 Å². The van der Waals surface area contributed by atoms with E-state index < -0.39 is 10.0 Å². The molecule has 1 aliphatic heterocycles. The molecule has 1 N–H and O–H groups in total. The average Bonchev–Trinajstić information content (AvgIpc) is 2.70. The Labute approximate surface area is 165 Å². The highest BCUT2D eigenvalue weighted by Crippen LogP contribution is 2.23. The molecular formula is C21H23N3O3S. The lowest BCUT2D eigenvalue weighted by molar-refractivity contribution is -0.120. The van der Waals surface area contributed by atoms with E-state index in [1.54, 1.807) is 36.4 Å². The van der Waals surface area contributed by atoms with Crippen LogP contribution in [0.15, 0.2) is 54.6 Å². The van der Waals surface area contributed by atoms with E-state index in [2.05, 4.69) is 11.4 Å². The van der Waals surface area contributed by atoms with Crippen molar-refractivity contribution >= 4 is 21.6 Å². The van der Waals surface area contributed by atoms with Gasteiger partial charge < -0.3 is 5.32 Å². The third kappa shape index (κ3) is 5.18. The molecule has 2 aromatic carbocycles. The van der Waals surface area contributed by atoms with Gasteiger partial charge in [-0.1, -0.05) is 42.5 Å². The van der Waals surface area contributed by atoms with Crippen molar-refractivity contribution < 1.29 is 13.2 Å². The van der Waals surface area contributed by atoms with E-state index in [-0.39, 0.29) is 24.1 Å². The van der Waals surface area contributed by atoms with Gasteiger partial charge >= 0.3 is 0 Å². The zero-order valence-electron chi connectivity index (χ0n) is 15.5. The Balaban J connectivity index is 1.62. The summed E-state index contributed by atoms with van der Waals surface area (Å²) in [5.74, 6) is -0.603. The molecule has 3 rings (SSSR count). The summed E-state index contributed by atoms with van der Waals surface area (Å²) in [6.07, 6.45) is 1.65. The van der Waals surface area contributed by atoms with Gasteiger partial charge in [-0.05, 0) is 36.1 Å². The maximum Gasteiger partial charge on any atom is 0.228 e. The van der Waals surface area contributed by atoms with Crippen LogP contribution in [0.3, 0.4) is 0 Å².